The van der Waals surface area contributed by atoms with Gasteiger partial charge in [0, 0.05) is 12.5 Å². The Balaban J connectivity index is 1.67. The molecule has 204 valence electrons. The van der Waals surface area contributed by atoms with E-state index in [4.69, 9.17) is 28.4 Å². The number of nitrogens with one attached hydrogen (secondary N) is 1. The highest BCUT2D eigenvalue weighted by Gasteiger charge is 2.53. The Morgan fingerprint density at radius 2 is 1.76 bits per heavy atom. The molecule has 0 saturated carbocycles. The maximum Gasteiger partial charge on any atom is 0.332 e. The quantitative estimate of drug-likeness (QED) is 0.466. The third kappa shape index (κ3) is 6.13. The van der Waals surface area contributed by atoms with Gasteiger partial charge in [0.1, 0.15) is 35.9 Å². The number of fused-ring (bicyclic) bond motifs is 1. The fourth-order valence-corrected chi connectivity index (χ4v) is 4.43. The second-order valence-corrected chi connectivity index (χ2v) is 9.06. The van der Waals surface area contributed by atoms with Crippen LogP contribution in [0, 0.1) is 0 Å². The SMILES string of the molecule is COc1ccc(C2OCC3OC(Oc4ccccc4C(C)=O)C(NC(C)=O)C(OC(C)C(=O)O)C3O2)cc1. The first-order valence-electron chi connectivity index (χ1n) is 12.2. The monoisotopic (exact) mass is 529 g/mol. The van der Waals surface area contributed by atoms with E-state index in [0.29, 0.717) is 16.9 Å². The minimum Gasteiger partial charge on any atom is -0.497 e. The number of carbonyl (C=O) groups excluding carboxylic acids is 2. The Morgan fingerprint density at radius 1 is 1.05 bits per heavy atom. The Hall–Kier alpha value is -3.51. The fourth-order valence-electron chi connectivity index (χ4n) is 4.43. The molecule has 2 aromatic rings. The summed E-state index contributed by atoms with van der Waals surface area (Å²) < 4.78 is 35.6. The highest BCUT2D eigenvalue weighted by atomic mass is 16.8. The molecule has 38 heavy (non-hydrogen) atoms. The number of ether oxygens (including phenoxy) is 6. The molecule has 0 aliphatic carbocycles. The van der Waals surface area contributed by atoms with Gasteiger partial charge >= 0.3 is 5.97 Å². The minimum absolute atomic E-state index is 0.0731. The van der Waals surface area contributed by atoms with Gasteiger partial charge in [0.05, 0.1) is 19.3 Å². The molecule has 0 bridgehead atoms. The number of aliphatic carboxylic acids is 1. The van der Waals surface area contributed by atoms with E-state index in [2.05, 4.69) is 5.32 Å². The van der Waals surface area contributed by atoms with Gasteiger partial charge in [-0.3, -0.25) is 9.59 Å². The van der Waals surface area contributed by atoms with Crippen LogP contribution in [0.3, 0.4) is 0 Å². The van der Waals surface area contributed by atoms with Crippen LogP contribution in [0.2, 0.25) is 0 Å². The van der Waals surface area contributed by atoms with Crippen LogP contribution in [0.15, 0.2) is 48.5 Å². The van der Waals surface area contributed by atoms with Crippen molar-refractivity contribution in [1.82, 2.24) is 5.32 Å². The standard InChI is InChI=1S/C27H31NO10/c1-14(29)19-7-5-6-8-20(19)36-27-22(28-16(3)30)24(35-15(2)25(31)32)23-21(37-27)13-34-26(38-23)17-9-11-18(33-4)12-10-17/h5-12,15,21-24,26-27H,13H2,1-4H3,(H,28,30)(H,31,32). The highest BCUT2D eigenvalue weighted by molar-refractivity contribution is 5.96. The van der Waals surface area contributed by atoms with Gasteiger partial charge in [-0.1, -0.05) is 24.3 Å². The zero-order chi connectivity index (χ0) is 27.4. The number of hydrogen-bond donors (Lipinski definition) is 2. The van der Waals surface area contributed by atoms with Crippen LogP contribution in [0.4, 0.5) is 0 Å². The summed E-state index contributed by atoms with van der Waals surface area (Å²) in [5, 5.41) is 12.3. The lowest BCUT2D eigenvalue weighted by molar-refractivity contribution is -0.340. The summed E-state index contributed by atoms with van der Waals surface area (Å²) in [6.07, 6.45) is -5.72. The molecule has 0 aromatic heterocycles. The average Bonchev–Trinajstić information content (AvgIpc) is 2.90. The van der Waals surface area contributed by atoms with Gasteiger partial charge in [0.2, 0.25) is 12.2 Å². The number of hydrogen-bond acceptors (Lipinski definition) is 9. The van der Waals surface area contributed by atoms with Crippen LogP contribution in [0.1, 0.15) is 43.0 Å². The molecule has 7 unspecified atom stereocenters. The predicted octanol–water partition coefficient (Wildman–Crippen LogP) is 2.48. The third-order valence-electron chi connectivity index (χ3n) is 6.32. The number of carboxylic acids is 1. The smallest absolute Gasteiger partial charge is 0.332 e. The lowest BCUT2D eigenvalue weighted by Crippen LogP contribution is -2.68. The van der Waals surface area contributed by atoms with Crippen molar-refractivity contribution in [3.8, 4) is 11.5 Å². The topological polar surface area (TPSA) is 139 Å². The molecule has 2 aromatic carbocycles. The Kier molecular flexibility index (Phi) is 8.62. The largest absolute Gasteiger partial charge is 0.497 e. The zero-order valence-electron chi connectivity index (χ0n) is 21.5. The Morgan fingerprint density at radius 3 is 2.39 bits per heavy atom. The maximum atomic E-state index is 12.2. The van der Waals surface area contributed by atoms with Crippen molar-refractivity contribution < 1.29 is 47.9 Å². The van der Waals surface area contributed by atoms with Crippen molar-refractivity contribution in [3.05, 3.63) is 59.7 Å². The second-order valence-electron chi connectivity index (χ2n) is 9.06. The van der Waals surface area contributed by atoms with Crippen molar-refractivity contribution in [2.45, 2.75) is 63.8 Å². The molecule has 2 saturated heterocycles. The Bertz CT molecular complexity index is 1150. The summed E-state index contributed by atoms with van der Waals surface area (Å²) >= 11 is 0. The van der Waals surface area contributed by atoms with E-state index in [1.807, 2.05) is 0 Å². The zero-order valence-corrected chi connectivity index (χ0v) is 21.5. The summed E-state index contributed by atoms with van der Waals surface area (Å²) in [5.41, 5.74) is 1.03. The van der Waals surface area contributed by atoms with E-state index in [0.717, 1.165) is 0 Å². The van der Waals surface area contributed by atoms with E-state index in [-0.39, 0.29) is 18.1 Å². The first-order valence-corrected chi connectivity index (χ1v) is 12.2. The number of methoxy groups -OCH3 is 1. The van der Waals surface area contributed by atoms with Gasteiger partial charge in [-0.25, -0.2) is 4.79 Å². The molecule has 2 fully saturated rings. The van der Waals surface area contributed by atoms with Crippen LogP contribution < -0.4 is 14.8 Å². The summed E-state index contributed by atoms with van der Waals surface area (Å²) in [7, 11) is 1.56. The lowest BCUT2D eigenvalue weighted by atomic mass is 9.95. The van der Waals surface area contributed by atoms with E-state index in [1.54, 1.807) is 55.6 Å². The van der Waals surface area contributed by atoms with Crippen LogP contribution >= 0.6 is 0 Å². The number of Topliss-reactive ketones (excluding diaryl/α,β-unsaturated/α-hetero) is 1. The highest BCUT2D eigenvalue weighted by Crippen LogP contribution is 2.37. The average molecular weight is 530 g/mol. The molecule has 2 aliphatic heterocycles. The van der Waals surface area contributed by atoms with E-state index < -0.39 is 54.9 Å². The van der Waals surface area contributed by atoms with Gasteiger partial charge in [-0.2, -0.15) is 0 Å². The van der Waals surface area contributed by atoms with Gasteiger partial charge in [-0.15, -0.1) is 0 Å². The molecular formula is C27H31NO10. The van der Waals surface area contributed by atoms with E-state index >= 15 is 0 Å². The molecule has 4 rings (SSSR count). The van der Waals surface area contributed by atoms with Crippen molar-refractivity contribution in [2.24, 2.45) is 0 Å². The van der Waals surface area contributed by atoms with Crippen molar-refractivity contribution >= 4 is 17.7 Å². The van der Waals surface area contributed by atoms with Gasteiger partial charge < -0.3 is 38.8 Å². The maximum absolute atomic E-state index is 12.2. The number of rotatable bonds is 9. The number of carboxylic acid groups (broad SMARTS) is 1. The second kappa shape index (κ2) is 11.9. The van der Waals surface area contributed by atoms with Crippen molar-refractivity contribution in [2.75, 3.05) is 13.7 Å². The third-order valence-corrected chi connectivity index (χ3v) is 6.32. The van der Waals surface area contributed by atoms with Crippen LogP contribution in [-0.2, 0) is 28.5 Å². The summed E-state index contributed by atoms with van der Waals surface area (Å²) in [6, 6.07) is 12.8. The number of para-hydroxylation sites is 1. The molecule has 2 N–H and O–H groups in total. The summed E-state index contributed by atoms with van der Waals surface area (Å²) in [6.45, 7) is 4.19. The molecule has 11 heteroatoms. The minimum atomic E-state index is -1.23. The number of carbonyl (C=O) groups is 3. The van der Waals surface area contributed by atoms with Gasteiger partial charge in [0.15, 0.2) is 18.2 Å². The summed E-state index contributed by atoms with van der Waals surface area (Å²) in [5.74, 6) is -0.910. The van der Waals surface area contributed by atoms with Gasteiger partial charge in [0.25, 0.3) is 0 Å². The fraction of sp³-hybridized carbons (Fsp3) is 0.444. The number of ketones is 1. The molecule has 0 spiro atoms. The van der Waals surface area contributed by atoms with Crippen molar-refractivity contribution in [1.29, 1.82) is 0 Å². The summed E-state index contributed by atoms with van der Waals surface area (Å²) in [4.78, 5) is 36.1. The Labute approximate surface area is 219 Å². The molecule has 2 heterocycles. The normalized spacial score (nSPS) is 27.5. The first kappa shape index (κ1) is 27.5. The van der Waals surface area contributed by atoms with Crippen LogP contribution in [0.25, 0.3) is 0 Å². The van der Waals surface area contributed by atoms with Crippen LogP contribution in [-0.4, -0.2) is 73.2 Å². The first-order chi connectivity index (χ1) is 18.2. The number of benzene rings is 2. The molecule has 1 amide bonds. The predicted molar refractivity (Wildman–Crippen MR) is 132 cm³/mol. The van der Waals surface area contributed by atoms with Crippen molar-refractivity contribution in [3.63, 3.8) is 0 Å². The van der Waals surface area contributed by atoms with Gasteiger partial charge in [-0.05, 0) is 38.1 Å². The molecule has 2 aliphatic rings. The molecule has 0 radical (unpaired) electrons. The lowest BCUT2D eigenvalue weighted by Gasteiger charge is -2.49. The molecular weight excluding hydrogens is 498 g/mol. The molecule has 7 atom stereocenters. The number of amides is 1. The van der Waals surface area contributed by atoms with E-state index in [1.165, 1.54) is 20.8 Å². The van der Waals surface area contributed by atoms with E-state index in [9.17, 15) is 19.5 Å². The van der Waals surface area contributed by atoms with Crippen LogP contribution in [0.5, 0.6) is 11.5 Å². The molecule has 11 nitrogen and oxygen atoms in total.